The molecule has 0 spiro atoms. The summed E-state index contributed by atoms with van der Waals surface area (Å²) in [5, 5.41) is 10.4. The minimum atomic E-state index is -0.594. The van der Waals surface area contributed by atoms with E-state index in [1.165, 1.54) is 12.3 Å². The van der Waals surface area contributed by atoms with Crippen LogP contribution in [-0.4, -0.2) is 28.2 Å². The largest absolute Gasteiger partial charge is 0.503 e. The summed E-state index contributed by atoms with van der Waals surface area (Å²) in [4.78, 5) is 27.0. The molecule has 1 amide bonds. The molecule has 0 bridgehead atoms. The second kappa shape index (κ2) is 7.38. The van der Waals surface area contributed by atoms with Crippen LogP contribution in [0.5, 0.6) is 0 Å². The minimum absolute atomic E-state index is 0.0858. The summed E-state index contributed by atoms with van der Waals surface area (Å²) in [7, 11) is 0. The Labute approximate surface area is 146 Å². The number of nitrogens with zero attached hydrogens (tertiary/aromatic N) is 1. The number of aliphatic hydroxyl groups excluding tert-OH is 1. The van der Waals surface area contributed by atoms with E-state index in [4.69, 9.17) is 4.42 Å². The van der Waals surface area contributed by atoms with Crippen LogP contribution in [0.15, 0.2) is 64.5 Å². The summed E-state index contributed by atoms with van der Waals surface area (Å²) in [6, 6.07) is 11.9. The summed E-state index contributed by atoms with van der Waals surface area (Å²) in [6.45, 7) is 2.58. The van der Waals surface area contributed by atoms with Crippen molar-refractivity contribution in [3.05, 3.63) is 71.4 Å². The molecule has 1 unspecified atom stereocenters. The molecule has 0 fully saturated rings. The van der Waals surface area contributed by atoms with Gasteiger partial charge in [-0.1, -0.05) is 50.1 Å². The number of hydrogen-bond donors (Lipinski definition) is 1. The quantitative estimate of drug-likeness (QED) is 0.610. The first-order valence-corrected chi connectivity index (χ1v) is 8.52. The fourth-order valence-electron chi connectivity index (χ4n) is 3.17. The molecule has 1 N–H and O–H groups in total. The van der Waals surface area contributed by atoms with Gasteiger partial charge >= 0.3 is 0 Å². The van der Waals surface area contributed by atoms with Crippen LogP contribution in [0.1, 0.15) is 48.3 Å². The van der Waals surface area contributed by atoms with E-state index in [2.05, 4.69) is 6.92 Å². The lowest BCUT2D eigenvalue weighted by Gasteiger charge is -2.26. The number of ketones is 1. The molecule has 0 radical (unpaired) electrons. The van der Waals surface area contributed by atoms with Gasteiger partial charge in [-0.25, -0.2) is 0 Å². The summed E-state index contributed by atoms with van der Waals surface area (Å²) in [6.07, 6.45) is 4.22. The SMILES string of the molecule is CCCCCN1C(=O)C(O)=C(C(=O)c2ccco2)C1c1ccccc1. The molecule has 1 aromatic carbocycles. The molecule has 0 saturated carbocycles. The first-order chi connectivity index (χ1) is 12.1. The van der Waals surface area contributed by atoms with Crippen molar-refractivity contribution < 1.29 is 19.1 Å². The molecule has 5 heteroatoms. The van der Waals surface area contributed by atoms with Crippen molar-refractivity contribution in [2.75, 3.05) is 6.54 Å². The molecule has 2 heterocycles. The third-order valence-corrected chi connectivity index (χ3v) is 4.41. The zero-order valence-corrected chi connectivity index (χ0v) is 14.1. The van der Waals surface area contributed by atoms with E-state index in [1.54, 1.807) is 11.0 Å². The van der Waals surface area contributed by atoms with E-state index in [0.29, 0.717) is 6.54 Å². The summed E-state index contributed by atoms with van der Waals surface area (Å²) in [5.74, 6) is -1.32. The van der Waals surface area contributed by atoms with Gasteiger partial charge in [-0.2, -0.15) is 0 Å². The highest BCUT2D eigenvalue weighted by atomic mass is 16.3. The lowest BCUT2D eigenvalue weighted by atomic mass is 9.95. The van der Waals surface area contributed by atoms with E-state index in [0.717, 1.165) is 24.8 Å². The van der Waals surface area contributed by atoms with Gasteiger partial charge in [-0.3, -0.25) is 9.59 Å². The van der Waals surface area contributed by atoms with Crippen molar-refractivity contribution >= 4 is 11.7 Å². The van der Waals surface area contributed by atoms with Crippen LogP contribution in [0.3, 0.4) is 0 Å². The maximum atomic E-state index is 12.8. The molecule has 3 rings (SSSR count). The Morgan fingerprint density at radius 1 is 1.16 bits per heavy atom. The third kappa shape index (κ3) is 3.22. The van der Waals surface area contributed by atoms with Crippen molar-refractivity contribution in [2.45, 2.75) is 32.2 Å². The van der Waals surface area contributed by atoms with Crippen LogP contribution in [0.4, 0.5) is 0 Å². The van der Waals surface area contributed by atoms with Gasteiger partial charge in [0.05, 0.1) is 17.9 Å². The molecule has 1 aliphatic heterocycles. The monoisotopic (exact) mass is 339 g/mol. The highest BCUT2D eigenvalue weighted by Crippen LogP contribution is 2.39. The Bertz CT molecular complexity index is 777. The number of carbonyl (C=O) groups is 2. The molecule has 0 saturated heterocycles. The zero-order chi connectivity index (χ0) is 17.8. The summed E-state index contributed by atoms with van der Waals surface area (Å²) >= 11 is 0. The van der Waals surface area contributed by atoms with Crippen LogP contribution in [0.25, 0.3) is 0 Å². The van der Waals surface area contributed by atoms with Crippen LogP contribution in [0, 0.1) is 0 Å². The fraction of sp³-hybridized carbons (Fsp3) is 0.300. The third-order valence-electron chi connectivity index (χ3n) is 4.41. The Kier molecular flexibility index (Phi) is 5.03. The Morgan fingerprint density at radius 3 is 2.56 bits per heavy atom. The van der Waals surface area contributed by atoms with Gasteiger partial charge in [0.15, 0.2) is 11.5 Å². The number of Topliss-reactive ketones (excluding diaryl/α,β-unsaturated/α-hetero) is 1. The molecule has 1 aliphatic rings. The van der Waals surface area contributed by atoms with Crippen LogP contribution in [0.2, 0.25) is 0 Å². The fourth-order valence-corrected chi connectivity index (χ4v) is 3.17. The number of carbonyl (C=O) groups excluding carboxylic acids is 2. The number of benzene rings is 1. The summed E-state index contributed by atoms with van der Waals surface area (Å²) < 4.78 is 5.18. The average Bonchev–Trinajstić information content (AvgIpc) is 3.25. The topological polar surface area (TPSA) is 70.8 Å². The highest BCUT2D eigenvalue weighted by Gasteiger charge is 2.43. The Hall–Kier alpha value is -2.82. The van der Waals surface area contributed by atoms with Crippen molar-refractivity contribution in [1.29, 1.82) is 0 Å². The van der Waals surface area contributed by atoms with Crippen molar-refractivity contribution in [3.8, 4) is 0 Å². The molecule has 25 heavy (non-hydrogen) atoms. The van der Waals surface area contributed by atoms with Crippen molar-refractivity contribution in [2.24, 2.45) is 0 Å². The Balaban J connectivity index is 2.01. The van der Waals surface area contributed by atoms with Gasteiger partial charge in [-0.15, -0.1) is 0 Å². The van der Waals surface area contributed by atoms with Gasteiger partial charge in [0.2, 0.25) is 5.78 Å². The molecule has 1 aromatic heterocycles. The first-order valence-electron chi connectivity index (χ1n) is 8.52. The molecule has 130 valence electrons. The standard InChI is InChI=1S/C20H21NO4/c1-2-3-7-12-21-17(14-9-5-4-6-10-14)16(19(23)20(21)24)18(22)15-11-8-13-25-15/h4-6,8-11,13,17,23H,2-3,7,12H2,1H3. The Morgan fingerprint density at radius 2 is 1.92 bits per heavy atom. The molecule has 2 aromatic rings. The van der Waals surface area contributed by atoms with Gasteiger partial charge in [0, 0.05) is 6.54 Å². The number of aliphatic hydroxyl groups is 1. The highest BCUT2D eigenvalue weighted by molar-refractivity contribution is 6.14. The van der Waals surface area contributed by atoms with Gasteiger partial charge in [0.1, 0.15) is 0 Å². The van der Waals surface area contributed by atoms with E-state index in [9.17, 15) is 14.7 Å². The van der Waals surface area contributed by atoms with Crippen LogP contribution >= 0.6 is 0 Å². The van der Waals surface area contributed by atoms with Crippen molar-refractivity contribution in [3.63, 3.8) is 0 Å². The van der Waals surface area contributed by atoms with Gasteiger partial charge in [-0.05, 0) is 24.1 Å². The zero-order valence-electron chi connectivity index (χ0n) is 14.1. The summed E-state index contributed by atoms with van der Waals surface area (Å²) in [5.41, 5.74) is 0.883. The lowest BCUT2D eigenvalue weighted by molar-refractivity contribution is -0.129. The number of rotatable bonds is 7. The number of hydrogen-bond acceptors (Lipinski definition) is 4. The normalized spacial score (nSPS) is 17.4. The van der Waals surface area contributed by atoms with E-state index >= 15 is 0 Å². The van der Waals surface area contributed by atoms with E-state index < -0.39 is 23.5 Å². The molecular formula is C20H21NO4. The van der Waals surface area contributed by atoms with Gasteiger partial charge < -0.3 is 14.4 Å². The van der Waals surface area contributed by atoms with Gasteiger partial charge in [0.25, 0.3) is 5.91 Å². The average molecular weight is 339 g/mol. The van der Waals surface area contributed by atoms with Crippen LogP contribution < -0.4 is 0 Å². The smallest absolute Gasteiger partial charge is 0.290 e. The second-order valence-electron chi connectivity index (χ2n) is 6.09. The molecule has 0 aliphatic carbocycles. The first kappa shape index (κ1) is 17.0. The van der Waals surface area contributed by atoms with E-state index in [1.807, 2.05) is 30.3 Å². The predicted octanol–water partition coefficient (Wildman–Crippen LogP) is 4.05. The van der Waals surface area contributed by atoms with Crippen molar-refractivity contribution in [1.82, 2.24) is 4.90 Å². The number of furan rings is 1. The number of unbranched alkanes of at least 4 members (excludes halogenated alkanes) is 2. The molecule has 1 atom stereocenters. The maximum Gasteiger partial charge on any atom is 0.290 e. The maximum absolute atomic E-state index is 12.8. The molecule has 5 nitrogen and oxygen atoms in total. The predicted molar refractivity (Wildman–Crippen MR) is 93.1 cm³/mol. The second-order valence-corrected chi connectivity index (χ2v) is 6.09. The lowest BCUT2D eigenvalue weighted by Crippen LogP contribution is -2.32. The number of amides is 1. The van der Waals surface area contributed by atoms with Crippen LogP contribution in [-0.2, 0) is 4.79 Å². The molecular weight excluding hydrogens is 318 g/mol. The minimum Gasteiger partial charge on any atom is -0.503 e. The van der Waals surface area contributed by atoms with E-state index in [-0.39, 0.29) is 11.3 Å².